The number of nitrogens with zero attached hydrogens (tertiary/aromatic N) is 2. The van der Waals surface area contributed by atoms with Gasteiger partial charge in [-0.15, -0.1) is 0 Å². The molecule has 1 aliphatic rings. The van der Waals surface area contributed by atoms with Crippen LogP contribution in [0.25, 0.3) is 0 Å². The summed E-state index contributed by atoms with van der Waals surface area (Å²) < 4.78 is 5.65. The van der Waals surface area contributed by atoms with Crippen LogP contribution in [0.5, 0.6) is 0 Å². The lowest BCUT2D eigenvalue weighted by molar-refractivity contribution is -0.384. The van der Waals surface area contributed by atoms with Crippen LogP contribution in [0.3, 0.4) is 0 Å². The number of benzene rings is 1. The van der Waals surface area contributed by atoms with Crippen LogP contribution >= 0.6 is 0 Å². The molecular formula is C14H20N2O4. The summed E-state index contributed by atoms with van der Waals surface area (Å²) in [5, 5.41) is 20.8. The molecule has 0 amide bonds. The van der Waals surface area contributed by atoms with Gasteiger partial charge in [-0.25, -0.2) is 0 Å². The molecule has 6 nitrogen and oxygen atoms in total. The van der Waals surface area contributed by atoms with Gasteiger partial charge in [0, 0.05) is 19.2 Å². The van der Waals surface area contributed by atoms with Gasteiger partial charge < -0.3 is 14.7 Å². The van der Waals surface area contributed by atoms with E-state index >= 15 is 0 Å². The predicted molar refractivity (Wildman–Crippen MR) is 76.0 cm³/mol. The van der Waals surface area contributed by atoms with Gasteiger partial charge in [0.15, 0.2) is 0 Å². The summed E-state index contributed by atoms with van der Waals surface area (Å²) in [4.78, 5) is 12.8. The van der Waals surface area contributed by atoms with E-state index in [1.54, 1.807) is 19.1 Å². The molecule has 20 heavy (non-hydrogen) atoms. The van der Waals surface area contributed by atoms with Crippen LogP contribution in [0.1, 0.15) is 32.4 Å². The minimum absolute atomic E-state index is 0.0321. The monoisotopic (exact) mass is 280 g/mol. The molecule has 0 bridgehead atoms. The van der Waals surface area contributed by atoms with Crippen molar-refractivity contribution in [2.24, 2.45) is 0 Å². The van der Waals surface area contributed by atoms with Crippen molar-refractivity contribution in [2.45, 2.75) is 39.1 Å². The van der Waals surface area contributed by atoms with Gasteiger partial charge in [0.1, 0.15) is 5.69 Å². The van der Waals surface area contributed by atoms with Crippen molar-refractivity contribution in [3.63, 3.8) is 0 Å². The van der Waals surface area contributed by atoms with Gasteiger partial charge >= 0.3 is 0 Å². The Hall–Kier alpha value is -1.66. The van der Waals surface area contributed by atoms with Gasteiger partial charge in [0.05, 0.1) is 23.2 Å². The Bertz CT molecular complexity index is 494. The van der Waals surface area contributed by atoms with E-state index in [0.717, 1.165) is 0 Å². The van der Waals surface area contributed by atoms with Gasteiger partial charge in [0.25, 0.3) is 5.69 Å². The average molecular weight is 280 g/mol. The molecule has 3 atom stereocenters. The van der Waals surface area contributed by atoms with Gasteiger partial charge in [0.2, 0.25) is 0 Å². The lowest BCUT2D eigenvalue weighted by Crippen LogP contribution is -2.45. The van der Waals surface area contributed by atoms with Crippen molar-refractivity contribution in [1.29, 1.82) is 0 Å². The highest BCUT2D eigenvalue weighted by atomic mass is 16.6. The number of nitro benzene ring substituents is 1. The summed E-state index contributed by atoms with van der Waals surface area (Å²) >= 11 is 0. The van der Waals surface area contributed by atoms with E-state index in [1.165, 1.54) is 6.07 Å². The molecule has 1 aliphatic heterocycles. The summed E-state index contributed by atoms with van der Waals surface area (Å²) in [7, 11) is 0. The number of morpholine rings is 1. The summed E-state index contributed by atoms with van der Waals surface area (Å²) in [6.07, 6.45) is -0.644. The minimum atomic E-state index is -0.717. The zero-order chi connectivity index (χ0) is 14.9. The Morgan fingerprint density at radius 1 is 1.40 bits per heavy atom. The molecule has 0 saturated carbocycles. The SMILES string of the molecule is CC1CN(c2ccc([C@@H](C)O)cc2[N+](=O)[O-])CC(C)O1. The molecule has 1 fully saturated rings. The van der Waals surface area contributed by atoms with Gasteiger partial charge in [-0.05, 0) is 32.4 Å². The van der Waals surface area contributed by atoms with Crippen LogP contribution in [0.2, 0.25) is 0 Å². The molecule has 110 valence electrons. The molecule has 0 aromatic heterocycles. The maximum absolute atomic E-state index is 11.3. The van der Waals surface area contributed by atoms with Crippen molar-refractivity contribution >= 4 is 11.4 Å². The maximum atomic E-state index is 11.3. The first-order valence-corrected chi connectivity index (χ1v) is 6.75. The smallest absolute Gasteiger partial charge is 0.292 e. The van der Waals surface area contributed by atoms with Gasteiger partial charge in [-0.2, -0.15) is 0 Å². The van der Waals surface area contributed by atoms with E-state index in [2.05, 4.69) is 0 Å². The lowest BCUT2D eigenvalue weighted by Gasteiger charge is -2.36. The Labute approximate surface area is 118 Å². The van der Waals surface area contributed by atoms with Crippen molar-refractivity contribution in [1.82, 2.24) is 0 Å². The zero-order valence-electron chi connectivity index (χ0n) is 11.9. The van der Waals surface area contributed by atoms with E-state index in [0.29, 0.717) is 24.3 Å². The first kappa shape index (κ1) is 14.7. The number of aliphatic hydroxyl groups is 1. The molecule has 1 saturated heterocycles. The molecule has 6 heteroatoms. The predicted octanol–water partition coefficient (Wildman–Crippen LogP) is 2.26. The van der Waals surface area contributed by atoms with E-state index in [9.17, 15) is 15.2 Å². The molecule has 1 aromatic rings. The third kappa shape index (κ3) is 3.08. The molecule has 1 heterocycles. The second-order valence-corrected chi connectivity index (χ2v) is 5.34. The van der Waals surface area contributed by atoms with Crippen LogP contribution in [-0.2, 0) is 4.74 Å². The first-order chi connectivity index (χ1) is 9.38. The Balaban J connectivity index is 2.37. The van der Waals surface area contributed by atoms with Crippen LogP contribution in [0, 0.1) is 10.1 Å². The molecule has 1 aromatic carbocycles. The van der Waals surface area contributed by atoms with Crippen molar-refractivity contribution in [3.05, 3.63) is 33.9 Å². The third-order valence-corrected chi connectivity index (χ3v) is 3.44. The number of hydrogen-bond acceptors (Lipinski definition) is 5. The van der Waals surface area contributed by atoms with Crippen LogP contribution in [-0.4, -0.2) is 35.3 Å². The normalized spacial score (nSPS) is 24.5. The number of hydrogen-bond donors (Lipinski definition) is 1. The van der Waals surface area contributed by atoms with Crippen molar-refractivity contribution in [2.75, 3.05) is 18.0 Å². The zero-order valence-corrected chi connectivity index (χ0v) is 11.9. The largest absolute Gasteiger partial charge is 0.389 e. The highest BCUT2D eigenvalue weighted by Crippen LogP contribution is 2.32. The molecule has 0 aliphatic carbocycles. The van der Waals surface area contributed by atoms with Gasteiger partial charge in [-0.1, -0.05) is 6.07 Å². The third-order valence-electron chi connectivity index (χ3n) is 3.44. The molecule has 2 unspecified atom stereocenters. The number of rotatable bonds is 3. The fraction of sp³-hybridized carbons (Fsp3) is 0.571. The fourth-order valence-corrected chi connectivity index (χ4v) is 2.59. The van der Waals surface area contributed by atoms with Crippen LogP contribution in [0.15, 0.2) is 18.2 Å². The summed E-state index contributed by atoms with van der Waals surface area (Å²) in [6.45, 7) is 6.76. The van der Waals surface area contributed by atoms with Crippen LogP contribution < -0.4 is 4.90 Å². The van der Waals surface area contributed by atoms with Crippen molar-refractivity contribution < 1.29 is 14.8 Å². The number of anilines is 1. The standard InChI is InChI=1S/C14H20N2O4/c1-9-7-15(8-10(2)20-9)13-5-4-12(11(3)17)6-14(13)16(18)19/h4-6,9-11,17H,7-8H2,1-3H3/t9?,10?,11-/m1/s1. The number of aliphatic hydroxyl groups excluding tert-OH is 1. The fourth-order valence-electron chi connectivity index (χ4n) is 2.59. The summed E-state index contributed by atoms with van der Waals surface area (Å²) in [5.74, 6) is 0. The highest BCUT2D eigenvalue weighted by molar-refractivity contribution is 5.65. The topological polar surface area (TPSA) is 75.8 Å². The molecule has 0 spiro atoms. The van der Waals surface area contributed by atoms with Crippen molar-refractivity contribution in [3.8, 4) is 0 Å². The first-order valence-electron chi connectivity index (χ1n) is 6.75. The summed E-state index contributed by atoms with van der Waals surface area (Å²) in [6, 6.07) is 4.90. The quantitative estimate of drug-likeness (QED) is 0.679. The molecule has 1 N–H and O–H groups in total. The molecule has 2 rings (SSSR count). The Kier molecular flexibility index (Phi) is 4.25. The number of ether oxygens (including phenoxy) is 1. The second kappa shape index (κ2) is 5.76. The molecule has 0 radical (unpaired) electrons. The van der Waals surface area contributed by atoms with E-state index in [1.807, 2.05) is 18.7 Å². The molecular weight excluding hydrogens is 260 g/mol. The Morgan fingerprint density at radius 3 is 2.50 bits per heavy atom. The van der Waals surface area contributed by atoms with E-state index in [4.69, 9.17) is 4.74 Å². The maximum Gasteiger partial charge on any atom is 0.292 e. The van der Waals surface area contributed by atoms with E-state index < -0.39 is 11.0 Å². The average Bonchev–Trinajstić information content (AvgIpc) is 2.36. The Morgan fingerprint density at radius 2 is 2.00 bits per heavy atom. The van der Waals surface area contributed by atoms with Crippen LogP contribution in [0.4, 0.5) is 11.4 Å². The minimum Gasteiger partial charge on any atom is -0.389 e. The van der Waals surface area contributed by atoms with E-state index in [-0.39, 0.29) is 17.9 Å². The number of nitro groups is 1. The summed E-state index contributed by atoms with van der Waals surface area (Å²) in [5.41, 5.74) is 1.17. The lowest BCUT2D eigenvalue weighted by atomic mass is 10.1. The second-order valence-electron chi connectivity index (χ2n) is 5.34. The highest BCUT2D eigenvalue weighted by Gasteiger charge is 2.27. The van der Waals surface area contributed by atoms with Gasteiger partial charge in [-0.3, -0.25) is 10.1 Å².